The molecule has 0 heterocycles. The van der Waals surface area contributed by atoms with Crippen LogP contribution in [0.5, 0.6) is 0 Å². The number of carbonyl (C=O) groups is 1. The minimum Gasteiger partial charge on any atom is -0.468 e. The van der Waals surface area contributed by atoms with Crippen molar-refractivity contribution in [3.8, 4) is 0 Å². The number of ether oxygens (including phenoxy) is 2. The summed E-state index contributed by atoms with van der Waals surface area (Å²) < 4.78 is 10.3. The number of hydrogen-bond donors (Lipinski definition) is 1. The van der Waals surface area contributed by atoms with Crippen LogP contribution < -0.4 is 5.32 Å². The molecule has 0 bridgehead atoms. The molecule has 16 heavy (non-hydrogen) atoms. The number of methoxy groups -OCH3 is 1. The minimum atomic E-state index is -0.749. The van der Waals surface area contributed by atoms with Gasteiger partial charge in [-0.3, -0.25) is 0 Å². The summed E-state index contributed by atoms with van der Waals surface area (Å²) in [4.78, 5) is 11.5. The molecule has 0 aliphatic carbocycles. The van der Waals surface area contributed by atoms with Gasteiger partial charge in [-0.2, -0.15) is 0 Å². The Bertz CT molecular complexity index is 208. The van der Waals surface area contributed by atoms with E-state index < -0.39 is 5.54 Å². The zero-order valence-corrected chi connectivity index (χ0v) is 11.1. The summed E-state index contributed by atoms with van der Waals surface area (Å²) in [5.41, 5.74) is -0.749. The van der Waals surface area contributed by atoms with Crippen LogP contribution in [0.25, 0.3) is 0 Å². The molecule has 0 saturated heterocycles. The summed E-state index contributed by atoms with van der Waals surface area (Å²) in [6.07, 6.45) is 2.30. The van der Waals surface area contributed by atoms with Crippen molar-refractivity contribution < 1.29 is 14.3 Å². The van der Waals surface area contributed by atoms with Gasteiger partial charge < -0.3 is 14.8 Å². The fraction of sp³-hybridized carbons (Fsp3) is 0.917. The summed E-state index contributed by atoms with van der Waals surface area (Å²) in [7, 11) is 3.12. The number of rotatable bonds is 8. The van der Waals surface area contributed by atoms with E-state index in [0.29, 0.717) is 19.1 Å². The molecule has 0 aromatic carbocycles. The van der Waals surface area contributed by atoms with E-state index in [-0.39, 0.29) is 5.97 Å². The first-order valence-corrected chi connectivity index (χ1v) is 5.85. The molecule has 0 aliphatic rings. The first-order chi connectivity index (χ1) is 7.50. The molecular weight excluding hydrogens is 206 g/mol. The fourth-order valence-corrected chi connectivity index (χ4v) is 1.50. The topological polar surface area (TPSA) is 47.6 Å². The van der Waals surface area contributed by atoms with Crippen LogP contribution in [0.15, 0.2) is 0 Å². The zero-order valence-electron chi connectivity index (χ0n) is 11.1. The van der Waals surface area contributed by atoms with Gasteiger partial charge in [0.15, 0.2) is 0 Å². The predicted octanol–water partition coefficient (Wildman–Crippen LogP) is 1.59. The number of likely N-dealkylation sites (N-methyl/N-ethyl adjacent to an activating group) is 1. The van der Waals surface area contributed by atoms with E-state index >= 15 is 0 Å². The van der Waals surface area contributed by atoms with Gasteiger partial charge in [0.1, 0.15) is 5.54 Å². The van der Waals surface area contributed by atoms with Crippen molar-refractivity contribution in [1.29, 1.82) is 0 Å². The Morgan fingerprint density at radius 3 is 2.56 bits per heavy atom. The number of hydrogen-bond acceptors (Lipinski definition) is 4. The van der Waals surface area contributed by atoms with Gasteiger partial charge >= 0.3 is 5.97 Å². The van der Waals surface area contributed by atoms with Crippen molar-refractivity contribution in [2.75, 3.05) is 27.4 Å². The summed E-state index contributed by atoms with van der Waals surface area (Å²) in [6, 6.07) is 0. The summed E-state index contributed by atoms with van der Waals surface area (Å²) in [5.74, 6) is 0.238. The van der Waals surface area contributed by atoms with Gasteiger partial charge in [0.2, 0.25) is 0 Å². The molecule has 0 rings (SSSR count). The molecule has 0 radical (unpaired) electrons. The number of nitrogens with one attached hydrogen (secondary N) is 1. The lowest BCUT2D eigenvalue weighted by Crippen LogP contribution is -2.52. The SMILES string of the molecule is CCCC(C)COCC(C)(NC)C(=O)OC. The van der Waals surface area contributed by atoms with E-state index in [2.05, 4.69) is 19.2 Å². The van der Waals surface area contributed by atoms with Crippen molar-refractivity contribution in [2.45, 2.75) is 39.2 Å². The van der Waals surface area contributed by atoms with Gasteiger partial charge in [-0.05, 0) is 26.3 Å². The van der Waals surface area contributed by atoms with Crippen LogP contribution in [0.2, 0.25) is 0 Å². The first kappa shape index (κ1) is 15.4. The van der Waals surface area contributed by atoms with E-state index in [9.17, 15) is 4.79 Å². The zero-order chi connectivity index (χ0) is 12.6. The fourth-order valence-electron chi connectivity index (χ4n) is 1.50. The minimum absolute atomic E-state index is 0.293. The lowest BCUT2D eigenvalue weighted by molar-refractivity contribution is -0.150. The Labute approximate surface area is 98.7 Å². The molecular formula is C12H25NO3. The highest BCUT2D eigenvalue weighted by Crippen LogP contribution is 2.10. The Balaban J connectivity index is 4.00. The second-order valence-corrected chi connectivity index (χ2v) is 4.48. The van der Waals surface area contributed by atoms with E-state index in [1.54, 1.807) is 14.0 Å². The average Bonchev–Trinajstić information content (AvgIpc) is 2.28. The molecule has 0 aliphatic heterocycles. The van der Waals surface area contributed by atoms with Crippen LogP contribution in [0.1, 0.15) is 33.6 Å². The molecule has 2 atom stereocenters. The van der Waals surface area contributed by atoms with Crippen LogP contribution in [0.4, 0.5) is 0 Å². The third-order valence-electron chi connectivity index (χ3n) is 2.76. The lowest BCUT2D eigenvalue weighted by Gasteiger charge is -2.26. The molecule has 0 amide bonds. The van der Waals surface area contributed by atoms with Gasteiger partial charge in [-0.25, -0.2) is 4.79 Å². The van der Waals surface area contributed by atoms with Crippen molar-refractivity contribution in [3.63, 3.8) is 0 Å². The van der Waals surface area contributed by atoms with Crippen LogP contribution in [-0.2, 0) is 14.3 Å². The number of esters is 1. The lowest BCUT2D eigenvalue weighted by atomic mass is 10.0. The Morgan fingerprint density at radius 1 is 1.50 bits per heavy atom. The maximum absolute atomic E-state index is 11.5. The maximum Gasteiger partial charge on any atom is 0.328 e. The first-order valence-electron chi connectivity index (χ1n) is 5.85. The molecule has 2 unspecified atom stereocenters. The molecule has 4 heteroatoms. The largest absolute Gasteiger partial charge is 0.468 e. The van der Waals surface area contributed by atoms with Crippen molar-refractivity contribution in [2.24, 2.45) is 5.92 Å². The van der Waals surface area contributed by atoms with Gasteiger partial charge in [0.05, 0.1) is 13.7 Å². The smallest absolute Gasteiger partial charge is 0.328 e. The highest BCUT2D eigenvalue weighted by Gasteiger charge is 2.32. The van der Waals surface area contributed by atoms with Gasteiger partial charge in [-0.15, -0.1) is 0 Å². The number of carbonyl (C=O) groups excluding carboxylic acids is 1. The molecule has 4 nitrogen and oxygen atoms in total. The van der Waals surface area contributed by atoms with E-state index in [0.717, 1.165) is 12.8 Å². The summed E-state index contributed by atoms with van der Waals surface area (Å²) in [5, 5.41) is 2.94. The van der Waals surface area contributed by atoms with E-state index in [1.807, 2.05) is 0 Å². The van der Waals surface area contributed by atoms with Gasteiger partial charge in [0.25, 0.3) is 0 Å². The van der Waals surface area contributed by atoms with Crippen LogP contribution in [0.3, 0.4) is 0 Å². The quantitative estimate of drug-likeness (QED) is 0.644. The second-order valence-electron chi connectivity index (χ2n) is 4.48. The highest BCUT2D eigenvalue weighted by atomic mass is 16.5. The second kappa shape index (κ2) is 7.63. The Morgan fingerprint density at radius 2 is 2.12 bits per heavy atom. The highest BCUT2D eigenvalue weighted by molar-refractivity contribution is 5.80. The third kappa shape index (κ3) is 4.94. The standard InChI is InChI=1S/C12H25NO3/c1-6-7-10(2)8-16-9-12(3,13-4)11(14)15-5/h10,13H,6-9H2,1-5H3. The van der Waals surface area contributed by atoms with Crippen LogP contribution >= 0.6 is 0 Å². The van der Waals surface area contributed by atoms with Gasteiger partial charge in [0, 0.05) is 6.61 Å². The Kier molecular flexibility index (Phi) is 7.34. The van der Waals surface area contributed by atoms with E-state index in [4.69, 9.17) is 9.47 Å². The molecule has 0 saturated carbocycles. The Hall–Kier alpha value is -0.610. The monoisotopic (exact) mass is 231 g/mol. The molecule has 0 aromatic heterocycles. The van der Waals surface area contributed by atoms with Crippen molar-refractivity contribution >= 4 is 5.97 Å². The molecule has 0 fully saturated rings. The molecule has 1 N–H and O–H groups in total. The van der Waals surface area contributed by atoms with E-state index in [1.165, 1.54) is 7.11 Å². The van der Waals surface area contributed by atoms with Crippen LogP contribution in [-0.4, -0.2) is 38.9 Å². The molecule has 0 spiro atoms. The molecule has 0 aromatic rings. The third-order valence-corrected chi connectivity index (χ3v) is 2.76. The molecule has 96 valence electrons. The maximum atomic E-state index is 11.5. The predicted molar refractivity (Wildman–Crippen MR) is 64.4 cm³/mol. The van der Waals surface area contributed by atoms with Crippen molar-refractivity contribution in [3.05, 3.63) is 0 Å². The van der Waals surface area contributed by atoms with Crippen LogP contribution in [0, 0.1) is 5.92 Å². The normalized spacial score (nSPS) is 16.6. The van der Waals surface area contributed by atoms with Gasteiger partial charge in [-0.1, -0.05) is 20.3 Å². The summed E-state index contributed by atoms with van der Waals surface area (Å²) >= 11 is 0. The average molecular weight is 231 g/mol. The van der Waals surface area contributed by atoms with Crippen molar-refractivity contribution in [1.82, 2.24) is 5.32 Å². The summed E-state index contributed by atoms with van der Waals surface area (Å²) in [6.45, 7) is 7.11.